The first kappa shape index (κ1) is 21.1. The van der Waals surface area contributed by atoms with E-state index >= 15 is 0 Å². The summed E-state index contributed by atoms with van der Waals surface area (Å²) in [6.07, 6.45) is 0. The van der Waals surface area contributed by atoms with Crippen molar-refractivity contribution in [2.24, 2.45) is 7.05 Å². The third-order valence-corrected chi connectivity index (χ3v) is 6.79. The van der Waals surface area contributed by atoms with Gasteiger partial charge >= 0.3 is 5.63 Å². The maximum Gasteiger partial charge on any atom is 0.336 e. The van der Waals surface area contributed by atoms with Gasteiger partial charge in [0.2, 0.25) is 11.0 Å². The zero-order chi connectivity index (χ0) is 24.3. The first-order valence-corrected chi connectivity index (χ1v) is 11.5. The standard InChI is InChI=1S/C29H22N2O4/c1-16-14-25(32)35-28-18(16)12-13-24-27(28)21(17(2)34-24)15-30-29(33)26-19-8-4-6-10-22(19)31(3)23-11-7-5-9-20(23)26/h4-14H,15H2,1-3H3/p+1. The summed E-state index contributed by atoms with van der Waals surface area (Å²) in [5.41, 5.74) is 4.91. The highest BCUT2D eigenvalue weighted by Crippen LogP contribution is 2.33. The molecular weight excluding hydrogens is 440 g/mol. The summed E-state index contributed by atoms with van der Waals surface area (Å²) in [4.78, 5) is 25.8. The molecule has 6 heteroatoms. The molecule has 0 bridgehead atoms. The SMILES string of the molecule is Cc1oc2ccc3c(C)cc(=O)oc3c2c1CNC(=O)c1c2ccccc2[n+](C)c2ccccc12. The quantitative estimate of drug-likeness (QED) is 0.222. The number of nitrogens with zero attached hydrogens (tertiary/aromatic N) is 1. The second kappa shape index (κ2) is 7.81. The molecule has 0 saturated carbocycles. The molecule has 172 valence electrons. The van der Waals surface area contributed by atoms with Gasteiger partial charge in [0.1, 0.15) is 24.0 Å². The minimum atomic E-state index is -0.411. The molecule has 1 amide bonds. The van der Waals surface area contributed by atoms with Gasteiger partial charge in [-0.2, -0.15) is 4.57 Å². The summed E-state index contributed by atoms with van der Waals surface area (Å²) in [7, 11) is 2.01. The van der Waals surface area contributed by atoms with Crippen LogP contribution in [0.4, 0.5) is 0 Å². The molecule has 0 aliphatic rings. The van der Waals surface area contributed by atoms with E-state index in [1.54, 1.807) is 0 Å². The Hall–Kier alpha value is -4.45. The number of furan rings is 1. The highest BCUT2D eigenvalue weighted by atomic mass is 16.4. The lowest BCUT2D eigenvalue weighted by molar-refractivity contribution is -0.617. The van der Waals surface area contributed by atoms with E-state index in [1.165, 1.54) is 6.07 Å². The Morgan fingerprint density at radius 1 is 0.886 bits per heavy atom. The number of para-hydroxylation sites is 2. The van der Waals surface area contributed by atoms with Crippen molar-refractivity contribution in [3.63, 3.8) is 0 Å². The van der Waals surface area contributed by atoms with E-state index in [0.717, 1.165) is 43.7 Å². The maximum atomic E-state index is 13.7. The summed E-state index contributed by atoms with van der Waals surface area (Å²) >= 11 is 0. The van der Waals surface area contributed by atoms with Crippen molar-refractivity contribution in [3.05, 3.63) is 99.6 Å². The van der Waals surface area contributed by atoms with Crippen molar-refractivity contribution in [1.82, 2.24) is 5.32 Å². The molecule has 6 nitrogen and oxygen atoms in total. The highest BCUT2D eigenvalue weighted by Gasteiger charge is 2.23. The Balaban J connectivity index is 1.49. The molecule has 0 aliphatic carbocycles. The number of aryl methyl sites for hydroxylation is 3. The minimum absolute atomic E-state index is 0.176. The monoisotopic (exact) mass is 463 g/mol. The smallest absolute Gasteiger partial charge is 0.336 e. The number of nitrogens with one attached hydrogen (secondary N) is 1. The first-order valence-electron chi connectivity index (χ1n) is 11.5. The third kappa shape index (κ3) is 3.21. The normalized spacial score (nSPS) is 11.6. The molecule has 0 atom stereocenters. The minimum Gasteiger partial charge on any atom is -0.461 e. The molecule has 0 unspecified atom stereocenters. The van der Waals surface area contributed by atoms with Crippen LogP contribution in [0.1, 0.15) is 27.2 Å². The number of amides is 1. The largest absolute Gasteiger partial charge is 0.461 e. The fraction of sp³-hybridized carbons (Fsp3) is 0.138. The van der Waals surface area contributed by atoms with E-state index in [4.69, 9.17) is 8.83 Å². The number of fused-ring (bicyclic) bond motifs is 5. The van der Waals surface area contributed by atoms with Crippen LogP contribution in [0.25, 0.3) is 43.7 Å². The maximum absolute atomic E-state index is 13.7. The molecule has 6 rings (SSSR count). The van der Waals surface area contributed by atoms with E-state index in [0.29, 0.717) is 22.5 Å². The summed E-state index contributed by atoms with van der Waals surface area (Å²) in [6.45, 7) is 3.97. The molecule has 3 heterocycles. The molecule has 3 aromatic carbocycles. The van der Waals surface area contributed by atoms with E-state index < -0.39 is 5.63 Å². The van der Waals surface area contributed by atoms with Crippen LogP contribution in [0.3, 0.4) is 0 Å². The van der Waals surface area contributed by atoms with Gasteiger partial charge in [-0.1, -0.05) is 24.3 Å². The number of carbonyl (C=O) groups excluding carboxylic acids is 1. The number of carbonyl (C=O) groups is 1. The van der Waals surface area contributed by atoms with Crippen molar-refractivity contribution < 1.29 is 18.2 Å². The lowest BCUT2D eigenvalue weighted by Gasteiger charge is -2.11. The van der Waals surface area contributed by atoms with Gasteiger partial charge in [0.15, 0.2) is 0 Å². The molecule has 0 fully saturated rings. The fourth-order valence-electron chi connectivity index (χ4n) is 5.08. The van der Waals surface area contributed by atoms with E-state index in [-0.39, 0.29) is 12.5 Å². The number of aromatic nitrogens is 1. The fourth-order valence-corrected chi connectivity index (χ4v) is 5.08. The molecule has 35 heavy (non-hydrogen) atoms. The van der Waals surface area contributed by atoms with Crippen LogP contribution < -0.4 is 15.5 Å². The van der Waals surface area contributed by atoms with Gasteiger partial charge in [-0.25, -0.2) is 4.79 Å². The third-order valence-electron chi connectivity index (χ3n) is 6.79. The lowest BCUT2D eigenvalue weighted by atomic mass is 10.0. The highest BCUT2D eigenvalue weighted by molar-refractivity contribution is 6.15. The van der Waals surface area contributed by atoms with E-state index in [9.17, 15) is 9.59 Å². The van der Waals surface area contributed by atoms with Gasteiger partial charge in [-0.3, -0.25) is 4.79 Å². The van der Waals surface area contributed by atoms with E-state index in [2.05, 4.69) is 9.88 Å². The van der Waals surface area contributed by atoms with Crippen molar-refractivity contribution in [2.45, 2.75) is 20.4 Å². The lowest BCUT2D eigenvalue weighted by Crippen LogP contribution is -2.32. The topological polar surface area (TPSA) is 76.3 Å². The van der Waals surface area contributed by atoms with E-state index in [1.807, 2.05) is 81.6 Å². The van der Waals surface area contributed by atoms with Gasteiger partial charge in [0, 0.05) is 35.7 Å². The molecule has 0 aliphatic heterocycles. The van der Waals surface area contributed by atoms with Crippen LogP contribution in [0.5, 0.6) is 0 Å². The average Bonchev–Trinajstić information content (AvgIpc) is 3.18. The Labute approximate surface area is 200 Å². The van der Waals surface area contributed by atoms with Crippen molar-refractivity contribution in [2.75, 3.05) is 0 Å². The Bertz CT molecular complexity index is 1820. The van der Waals surface area contributed by atoms with Gasteiger partial charge in [-0.05, 0) is 43.7 Å². The molecular formula is C29H23N2O4+. The molecule has 0 radical (unpaired) electrons. The summed E-state index contributed by atoms with van der Waals surface area (Å²) < 4.78 is 13.7. The van der Waals surface area contributed by atoms with Crippen molar-refractivity contribution in [3.8, 4) is 0 Å². The predicted octanol–water partition coefficient (Wildman–Crippen LogP) is 5.22. The second-order valence-electron chi connectivity index (χ2n) is 8.85. The molecule has 6 aromatic rings. The summed E-state index contributed by atoms with van der Waals surface area (Å²) in [5, 5.41) is 6.43. The van der Waals surface area contributed by atoms with Crippen LogP contribution in [-0.2, 0) is 13.6 Å². The Morgan fingerprint density at radius 3 is 2.23 bits per heavy atom. The predicted molar refractivity (Wildman–Crippen MR) is 136 cm³/mol. The number of pyridine rings is 1. The number of hydrogen-bond acceptors (Lipinski definition) is 4. The van der Waals surface area contributed by atoms with Crippen LogP contribution in [0.15, 0.2) is 80.4 Å². The number of rotatable bonds is 3. The van der Waals surface area contributed by atoms with Gasteiger partial charge in [-0.15, -0.1) is 0 Å². The Morgan fingerprint density at radius 2 is 1.54 bits per heavy atom. The second-order valence-corrected chi connectivity index (χ2v) is 8.85. The summed E-state index contributed by atoms with van der Waals surface area (Å²) in [6, 6.07) is 21.1. The summed E-state index contributed by atoms with van der Waals surface area (Å²) in [5.74, 6) is 0.496. The van der Waals surface area contributed by atoms with Crippen molar-refractivity contribution >= 4 is 49.7 Å². The Kier molecular flexibility index (Phi) is 4.71. The molecule has 0 spiro atoms. The van der Waals surface area contributed by atoms with Crippen LogP contribution in [-0.4, -0.2) is 5.91 Å². The molecule has 3 aromatic heterocycles. The van der Waals surface area contributed by atoms with Crippen LogP contribution in [0.2, 0.25) is 0 Å². The number of benzene rings is 3. The van der Waals surface area contributed by atoms with Crippen LogP contribution in [0, 0.1) is 13.8 Å². The van der Waals surface area contributed by atoms with Crippen LogP contribution >= 0.6 is 0 Å². The first-order chi connectivity index (χ1) is 16.9. The average molecular weight is 464 g/mol. The molecule has 1 N–H and O–H groups in total. The van der Waals surface area contributed by atoms with Gasteiger partial charge < -0.3 is 14.2 Å². The van der Waals surface area contributed by atoms with Gasteiger partial charge in [0.25, 0.3) is 5.91 Å². The van der Waals surface area contributed by atoms with Gasteiger partial charge in [0.05, 0.1) is 21.7 Å². The zero-order valence-corrected chi connectivity index (χ0v) is 19.6. The number of hydrogen-bond donors (Lipinski definition) is 1. The molecule has 0 saturated heterocycles. The van der Waals surface area contributed by atoms with Crippen molar-refractivity contribution in [1.29, 1.82) is 0 Å². The zero-order valence-electron chi connectivity index (χ0n) is 19.6.